The lowest BCUT2D eigenvalue weighted by Crippen LogP contribution is -2.15. The van der Waals surface area contributed by atoms with Crippen molar-refractivity contribution in [3.05, 3.63) is 59.9 Å². The molecule has 0 spiro atoms. The van der Waals surface area contributed by atoms with Gasteiger partial charge in [-0.15, -0.1) is 0 Å². The quantitative estimate of drug-likeness (QED) is 0.616. The lowest BCUT2D eigenvalue weighted by molar-refractivity contribution is -0.155. The smallest absolute Gasteiger partial charge is 0.452 e. The number of rotatable bonds is 6. The molecule has 3 rings (SSSR count). The molecule has 0 aliphatic heterocycles. The maximum absolute atomic E-state index is 12.9. The molecule has 0 saturated carbocycles. The highest BCUT2D eigenvalue weighted by molar-refractivity contribution is 7.92. The van der Waals surface area contributed by atoms with Gasteiger partial charge in [0.15, 0.2) is 0 Å². The summed E-state index contributed by atoms with van der Waals surface area (Å²) in [5.74, 6) is -0.691. The minimum atomic E-state index is -4.68. The fourth-order valence-electron chi connectivity index (χ4n) is 2.67. The summed E-state index contributed by atoms with van der Waals surface area (Å²) >= 11 is 0. The Hall–Kier alpha value is -3.01. The number of nitrogens with one attached hydrogen (secondary N) is 1. The molecule has 0 unspecified atom stereocenters. The Kier molecular flexibility index (Phi) is 5.56. The number of aromatic nitrogens is 1. The topological polar surface area (TPSA) is 81.4 Å². The number of hydrogen-bond acceptors (Lipinski definition) is 5. The zero-order valence-electron chi connectivity index (χ0n) is 15.4. The number of nitrogens with zero attached hydrogens (tertiary/aromatic N) is 1. The van der Waals surface area contributed by atoms with Gasteiger partial charge in [0.25, 0.3) is 10.0 Å². The van der Waals surface area contributed by atoms with Crippen LogP contribution in [0, 0.1) is 0 Å². The maximum Gasteiger partial charge on any atom is 0.452 e. The van der Waals surface area contributed by atoms with E-state index in [9.17, 15) is 21.6 Å². The molecule has 0 atom stereocenters. The van der Waals surface area contributed by atoms with Gasteiger partial charge in [-0.05, 0) is 42.3 Å². The van der Waals surface area contributed by atoms with E-state index in [4.69, 9.17) is 4.74 Å². The lowest BCUT2D eigenvalue weighted by atomic mass is 10.1. The van der Waals surface area contributed by atoms with E-state index in [-0.39, 0.29) is 16.2 Å². The molecule has 10 heteroatoms. The Morgan fingerprint density at radius 3 is 2.34 bits per heavy atom. The van der Waals surface area contributed by atoms with E-state index >= 15 is 0 Å². The Morgan fingerprint density at radius 1 is 1.10 bits per heavy atom. The highest BCUT2D eigenvalue weighted by Crippen LogP contribution is 2.33. The van der Waals surface area contributed by atoms with Crippen LogP contribution in [0.15, 0.2) is 57.9 Å². The standard InChI is InChI=1S/C19H17F3N2O4S/c1-3-12-4-5-13(16-11-18(28-23-16)19(20,21)22)10-17(12)29(25,26)24-14-6-8-15(27-2)9-7-14/h4-11,24H,3H2,1-2H3. The van der Waals surface area contributed by atoms with Crippen LogP contribution in [0.4, 0.5) is 18.9 Å². The van der Waals surface area contributed by atoms with E-state index in [0.717, 1.165) is 6.07 Å². The van der Waals surface area contributed by atoms with Crippen molar-refractivity contribution in [3.8, 4) is 17.0 Å². The number of sulfonamides is 1. The largest absolute Gasteiger partial charge is 0.497 e. The summed E-state index contributed by atoms with van der Waals surface area (Å²) in [5, 5.41) is 3.41. The molecule has 0 saturated heterocycles. The average Bonchev–Trinajstić information content (AvgIpc) is 3.18. The Balaban J connectivity index is 1.98. The predicted molar refractivity (Wildman–Crippen MR) is 100 cm³/mol. The van der Waals surface area contributed by atoms with Gasteiger partial charge in [0.2, 0.25) is 5.76 Å². The van der Waals surface area contributed by atoms with Crippen LogP contribution in [0.1, 0.15) is 18.2 Å². The highest BCUT2D eigenvalue weighted by Gasteiger charge is 2.36. The second-order valence-electron chi connectivity index (χ2n) is 6.08. The van der Waals surface area contributed by atoms with Crippen molar-refractivity contribution in [2.75, 3.05) is 11.8 Å². The van der Waals surface area contributed by atoms with Gasteiger partial charge < -0.3 is 9.26 Å². The normalized spacial score (nSPS) is 12.0. The first kappa shape index (κ1) is 20.7. The molecule has 0 amide bonds. The second-order valence-corrected chi connectivity index (χ2v) is 7.74. The van der Waals surface area contributed by atoms with Gasteiger partial charge in [-0.1, -0.05) is 24.2 Å². The van der Waals surface area contributed by atoms with Crippen LogP contribution in [-0.2, 0) is 22.6 Å². The summed E-state index contributed by atoms with van der Waals surface area (Å²) in [5.41, 5.74) is 0.908. The minimum absolute atomic E-state index is 0.0510. The van der Waals surface area contributed by atoms with Crippen LogP contribution >= 0.6 is 0 Å². The van der Waals surface area contributed by atoms with Gasteiger partial charge in [0.05, 0.1) is 12.0 Å². The van der Waals surface area contributed by atoms with E-state index in [0.29, 0.717) is 23.4 Å². The van der Waals surface area contributed by atoms with Crippen LogP contribution in [0.25, 0.3) is 11.3 Å². The number of aryl methyl sites for hydroxylation is 1. The Labute approximate surface area is 165 Å². The van der Waals surface area contributed by atoms with Gasteiger partial charge in [-0.25, -0.2) is 8.42 Å². The molecule has 1 heterocycles. The summed E-state index contributed by atoms with van der Waals surface area (Å²) in [4.78, 5) is -0.0510. The van der Waals surface area contributed by atoms with E-state index in [1.54, 1.807) is 37.3 Å². The molecule has 0 aliphatic rings. The van der Waals surface area contributed by atoms with Gasteiger partial charge in [0.1, 0.15) is 11.4 Å². The second kappa shape index (κ2) is 7.78. The van der Waals surface area contributed by atoms with Crippen molar-refractivity contribution in [3.63, 3.8) is 0 Å². The molecular weight excluding hydrogens is 409 g/mol. The summed E-state index contributed by atoms with van der Waals surface area (Å²) in [6, 6.07) is 11.3. The average molecular weight is 426 g/mol. The van der Waals surface area contributed by atoms with Crippen LogP contribution in [0.3, 0.4) is 0 Å². The minimum Gasteiger partial charge on any atom is -0.497 e. The first-order valence-electron chi connectivity index (χ1n) is 8.48. The molecule has 0 bridgehead atoms. The molecule has 29 heavy (non-hydrogen) atoms. The number of halogens is 3. The molecule has 3 aromatic rings. The zero-order chi connectivity index (χ0) is 21.2. The number of ether oxygens (including phenoxy) is 1. The van der Waals surface area contributed by atoms with Gasteiger partial charge >= 0.3 is 6.18 Å². The van der Waals surface area contributed by atoms with Crippen molar-refractivity contribution in [1.82, 2.24) is 5.16 Å². The van der Waals surface area contributed by atoms with Crippen molar-refractivity contribution in [2.45, 2.75) is 24.4 Å². The van der Waals surface area contributed by atoms with Crippen molar-refractivity contribution in [2.24, 2.45) is 0 Å². The molecule has 6 nitrogen and oxygen atoms in total. The Morgan fingerprint density at radius 2 is 1.79 bits per heavy atom. The third-order valence-electron chi connectivity index (χ3n) is 4.17. The third-order valence-corrected chi connectivity index (χ3v) is 5.63. The molecule has 1 aromatic heterocycles. The third kappa shape index (κ3) is 4.53. The van der Waals surface area contributed by atoms with E-state index in [2.05, 4.69) is 14.4 Å². The summed E-state index contributed by atoms with van der Waals surface area (Å²) in [7, 11) is -2.51. The van der Waals surface area contributed by atoms with Crippen molar-refractivity contribution in [1.29, 1.82) is 0 Å². The summed E-state index contributed by atoms with van der Waals surface area (Å²) in [6.07, 6.45) is -4.27. The fourth-order valence-corrected chi connectivity index (χ4v) is 4.07. The van der Waals surface area contributed by atoms with Crippen LogP contribution in [0.5, 0.6) is 5.75 Å². The van der Waals surface area contributed by atoms with E-state index in [1.807, 2.05) is 0 Å². The molecule has 154 valence electrons. The van der Waals surface area contributed by atoms with Crippen LogP contribution in [-0.4, -0.2) is 20.7 Å². The lowest BCUT2D eigenvalue weighted by Gasteiger charge is -2.13. The Bertz CT molecular complexity index is 1110. The van der Waals surface area contributed by atoms with Gasteiger partial charge in [-0.3, -0.25) is 4.72 Å². The van der Waals surface area contributed by atoms with Gasteiger partial charge in [0, 0.05) is 17.3 Å². The van der Waals surface area contributed by atoms with E-state index < -0.39 is 22.0 Å². The molecule has 1 N–H and O–H groups in total. The first-order valence-corrected chi connectivity index (χ1v) is 9.96. The predicted octanol–water partition coefficient (Wildman–Crippen LogP) is 4.73. The molecular formula is C19H17F3N2O4S. The van der Waals surface area contributed by atoms with E-state index in [1.165, 1.54) is 19.2 Å². The van der Waals surface area contributed by atoms with Crippen molar-refractivity contribution < 1.29 is 30.8 Å². The SMILES string of the molecule is CCc1ccc(-c2cc(C(F)(F)F)on2)cc1S(=O)(=O)Nc1ccc(OC)cc1. The zero-order valence-corrected chi connectivity index (χ0v) is 16.3. The molecule has 0 radical (unpaired) electrons. The number of hydrogen-bond donors (Lipinski definition) is 1. The summed E-state index contributed by atoms with van der Waals surface area (Å²) < 4.78 is 75.9. The van der Waals surface area contributed by atoms with Crippen LogP contribution < -0.4 is 9.46 Å². The molecule has 0 aliphatic carbocycles. The maximum atomic E-state index is 12.9. The first-order chi connectivity index (χ1) is 13.6. The highest BCUT2D eigenvalue weighted by atomic mass is 32.2. The summed E-state index contributed by atoms with van der Waals surface area (Å²) in [6.45, 7) is 1.78. The molecule has 0 fully saturated rings. The fraction of sp³-hybridized carbons (Fsp3) is 0.211. The number of anilines is 1. The van der Waals surface area contributed by atoms with Crippen LogP contribution in [0.2, 0.25) is 0 Å². The number of alkyl halides is 3. The van der Waals surface area contributed by atoms with Crippen molar-refractivity contribution >= 4 is 15.7 Å². The molecule has 2 aromatic carbocycles. The van der Waals surface area contributed by atoms with Gasteiger partial charge in [-0.2, -0.15) is 13.2 Å². The number of benzene rings is 2. The number of methoxy groups -OCH3 is 1. The monoisotopic (exact) mass is 426 g/mol.